The molecule has 2 nitrogen and oxygen atoms in total. The first kappa shape index (κ1) is 19.2. The molecule has 0 bridgehead atoms. The highest BCUT2D eigenvalue weighted by Crippen LogP contribution is 2.56. The lowest BCUT2D eigenvalue weighted by Gasteiger charge is -2.36. The number of rotatable bonds is 4. The summed E-state index contributed by atoms with van der Waals surface area (Å²) in [5.41, 5.74) is 2.07. The van der Waals surface area contributed by atoms with Crippen molar-refractivity contribution >= 4 is 23.5 Å². The summed E-state index contributed by atoms with van der Waals surface area (Å²) in [6.07, 6.45) is 6.23. The van der Waals surface area contributed by atoms with Crippen LogP contribution in [0.3, 0.4) is 0 Å². The van der Waals surface area contributed by atoms with Crippen LogP contribution in [-0.2, 0) is 9.30 Å². The second-order valence-electron chi connectivity index (χ2n) is 7.93. The van der Waals surface area contributed by atoms with Gasteiger partial charge in [0.1, 0.15) is 11.5 Å². The van der Waals surface area contributed by atoms with Crippen LogP contribution in [0, 0.1) is 0 Å². The van der Waals surface area contributed by atoms with Crippen molar-refractivity contribution in [2.75, 3.05) is 0 Å². The summed E-state index contributed by atoms with van der Waals surface area (Å²) in [7, 11) is -2.96. The second-order valence-corrected chi connectivity index (χ2v) is 10.8. The third kappa shape index (κ3) is 3.36. The van der Waals surface area contributed by atoms with Crippen LogP contribution in [0.15, 0.2) is 108 Å². The maximum atomic E-state index is 15.1. The highest BCUT2D eigenvalue weighted by molar-refractivity contribution is 7.79. The van der Waals surface area contributed by atoms with Crippen molar-refractivity contribution in [3.05, 3.63) is 114 Å². The van der Waals surface area contributed by atoms with Gasteiger partial charge in [-0.3, -0.25) is 0 Å². The van der Waals surface area contributed by atoms with Gasteiger partial charge in [-0.15, -0.1) is 0 Å². The fourth-order valence-electron chi connectivity index (χ4n) is 4.59. The van der Waals surface area contributed by atoms with Gasteiger partial charge in [0.15, 0.2) is 7.14 Å². The van der Waals surface area contributed by atoms with Crippen LogP contribution in [0.1, 0.15) is 31.2 Å². The number of allylic oxidation sites excluding steroid dienone is 3. The van der Waals surface area contributed by atoms with Gasteiger partial charge in [-0.1, -0.05) is 91.0 Å². The standard InChI is InChI=1S/C27H25O2P/c28-30(22-14-6-2-7-15-22,23-16-8-3-9-17-23)27-20-26(21-12-4-1-5-13-21)29-25-19-11-10-18-24(25)27/h1-9,12-17,20,27H,10-11,18-19H2/t27-/m1/s1. The molecule has 0 N–H and O–H groups in total. The first-order valence-electron chi connectivity index (χ1n) is 10.6. The van der Waals surface area contributed by atoms with Gasteiger partial charge < -0.3 is 9.30 Å². The molecule has 3 aromatic rings. The quantitative estimate of drug-likeness (QED) is 0.472. The van der Waals surface area contributed by atoms with Crippen LogP contribution in [-0.4, -0.2) is 5.66 Å². The molecule has 0 spiro atoms. The first-order valence-corrected chi connectivity index (χ1v) is 12.4. The van der Waals surface area contributed by atoms with Gasteiger partial charge in [0.05, 0.1) is 5.66 Å². The average Bonchev–Trinajstić information content (AvgIpc) is 2.84. The first-order chi connectivity index (χ1) is 14.8. The Hall–Kier alpha value is -2.83. The minimum atomic E-state index is -2.96. The fourth-order valence-corrected chi connectivity index (χ4v) is 7.82. The van der Waals surface area contributed by atoms with Gasteiger partial charge in [-0.2, -0.15) is 0 Å². The Morgan fingerprint density at radius 1 is 0.700 bits per heavy atom. The molecule has 0 saturated heterocycles. The van der Waals surface area contributed by atoms with E-state index >= 15 is 4.57 Å². The minimum Gasteiger partial charge on any atom is -0.461 e. The summed E-state index contributed by atoms with van der Waals surface area (Å²) in [5, 5.41) is 1.81. The molecule has 150 valence electrons. The summed E-state index contributed by atoms with van der Waals surface area (Å²) in [4.78, 5) is 0. The highest BCUT2D eigenvalue weighted by atomic mass is 31.2. The van der Waals surface area contributed by atoms with E-state index in [9.17, 15) is 0 Å². The molecule has 3 aromatic carbocycles. The van der Waals surface area contributed by atoms with E-state index in [1.165, 1.54) is 5.57 Å². The molecule has 0 saturated carbocycles. The van der Waals surface area contributed by atoms with Crippen LogP contribution >= 0.6 is 7.14 Å². The summed E-state index contributed by atoms with van der Waals surface area (Å²) in [6, 6.07) is 30.2. The van der Waals surface area contributed by atoms with Crippen molar-refractivity contribution in [3.8, 4) is 0 Å². The van der Waals surface area contributed by atoms with E-state index in [4.69, 9.17) is 4.74 Å². The molecule has 0 amide bonds. The Morgan fingerprint density at radius 2 is 1.23 bits per heavy atom. The molecule has 3 heteroatoms. The van der Waals surface area contributed by atoms with Crippen molar-refractivity contribution < 1.29 is 9.30 Å². The molecule has 1 atom stereocenters. The van der Waals surface area contributed by atoms with Gasteiger partial charge in [0.2, 0.25) is 0 Å². The molecule has 0 radical (unpaired) electrons. The molecule has 0 fully saturated rings. The molecule has 0 unspecified atom stereocenters. The smallest absolute Gasteiger partial charge is 0.153 e. The van der Waals surface area contributed by atoms with E-state index in [1.807, 2.05) is 78.9 Å². The van der Waals surface area contributed by atoms with Crippen LogP contribution in [0.25, 0.3) is 5.76 Å². The zero-order chi connectivity index (χ0) is 20.4. The predicted molar refractivity (Wildman–Crippen MR) is 125 cm³/mol. The Morgan fingerprint density at radius 3 is 1.83 bits per heavy atom. The third-order valence-corrected chi connectivity index (χ3v) is 9.46. The van der Waals surface area contributed by atoms with E-state index in [-0.39, 0.29) is 5.66 Å². The molecule has 1 aliphatic carbocycles. The van der Waals surface area contributed by atoms with Crippen LogP contribution in [0.4, 0.5) is 0 Å². The molecule has 1 aliphatic heterocycles. The summed E-state index contributed by atoms with van der Waals surface area (Å²) >= 11 is 0. The fraction of sp³-hybridized carbons (Fsp3) is 0.185. The Bertz CT molecular complexity index is 1090. The summed E-state index contributed by atoms with van der Waals surface area (Å²) in [6.45, 7) is 0. The lowest BCUT2D eigenvalue weighted by atomic mass is 9.92. The monoisotopic (exact) mass is 412 g/mol. The van der Waals surface area contributed by atoms with Gasteiger partial charge >= 0.3 is 0 Å². The molecular weight excluding hydrogens is 387 g/mol. The highest BCUT2D eigenvalue weighted by Gasteiger charge is 2.42. The molecule has 0 aromatic heterocycles. The number of benzene rings is 3. The van der Waals surface area contributed by atoms with Crippen LogP contribution in [0.5, 0.6) is 0 Å². The SMILES string of the molecule is O=P(c1ccccc1)(c1ccccc1)[C@@H]1C=C(c2ccccc2)OC2=C1CCCC2. The van der Waals surface area contributed by atoms with Crippen LogP contribution < -0.4 is 10.6 Å². The van der Waals surface area contributed by atoms with Crippen molar-refractivity contribution in [3.63, 3.8) is 0 Å². The van der Waals surface area contributed by atoms with Crippen molar-refractivity contribution in [1.82, 2.24) is 0 Å². The Labute approximate surface area is 178 Å². The van der Waals surface area contributed by atoms with E-state index in [1.54, 1.807) is 0 Å². The lowest BCUT2D eigenvalue weighted by Crippen LogP contribution is -2.30. The van der Waals surface area contributed by atoms with Crippen LogP contribution in [0.2, 0.25) is 0 Å². The Balaban J connectivity index is 1.73. The maximum absolute atomic E-state index is 15.1. The topological polar surface area (TPSA) is 26.3 Å². The van der Waals surface area contributed by atoms with Crippen molar-refractivity contribution in [2.45, 2.75) is 31.3 Å². The third-order valence-electron chi connectivity index (χ3n) is 6.09. The number of hydrogen-bond donors (Lipinski definition) is 0. The summed E-state index contributed by atoms with van der Waals surface area (Å²) in [5.74, 6) is 1.85. The van der Waals surface area contributed by atoms with Gasteiger partial charge in [0, 0.05) is 22.6 Å². The van der Waals surface area contributed by atoms with E-state index in [2.05, 4.69) is 18.2 Å². The van der Waals surface area contributed by atoms with E-state index < -0.39 is 7.14 Å². The van der Waals surface area contributed by atoms with Gasteiger partial charge in [-0.05, 0) is 30.9 Å². The van der Waals surface area contributed by atoms with E-state index in [0.29, 0.717) is 0 Å². The molecule has 30 heavy (non-hydrogen) atoms. The predicted octanol–water partition coefficient (Wildman–Crippen LogP) is 6.27. The minimum absolute atomic E-state index is 0.179. The van der Waals surface area contributed by atoms with Crippen molar-refractivity contribution in [1.29, 1.82) is 0 Å². The second kappa shape index (κ2) is 8.13. The van der Waals surface area contributed by atoms with Gasteiger partial charge in [-0.25, -0.2) is 0 Å². The Kier molecular flexibility index (Phi) is 5.19. The molecule has 5 rings (SSSR count). The molecule has 2 aliphatic rings. The molecule has 1 heterocycles. The lowest BCUT2D eigenvalue weighted by molar-refractivity contribution is 0.328. The average molecular weight is 412 g/mol. The normalized spacial score (nSPS) is 18.9. The number of hydrogen-bond acceptors (Lipinski definition) is 2. The van der Waals surface area contributed by atoms with Gasteiger partial charge in [0.25, 0.3) is 0 Å². The number of ether oxygens (including phenoxy) is 1. The molecular formula is C27H25O2P. The van der Waals surface area contributed by atoms with E-state index in [0.717, 1.165) is 53.4 Å². The van der Waals surface area contributed by atoms with Crippen molar-refractivity contribution in [2.24, 2.45) is 0 Å². The zero-order valence-electron chi connectivity index (χ0n) is 16.9. The maximum Gasteiger partial charge on any atom is 0.153 e. The summed E-state index contributed by atoms with van der Waals surface area (Å²) < 4.78 is 21.5. The largest absolute Gasteiger partial charge is 0.461 e. The zero-order valence-corrected chi connectivity index (χ0v) is 17.8.